The monoisotopic (exact) mass is 172 g/mol. The Bertz CT molecular complexity index is 172. The van der Waals surface area contributed by atoms with Crippen LogP contribution in [0.15, 0.2) is 23.8 Å². The van der Waals surface area contributed by atoms with Crippen LogP contribution in [-0.4, -0.2) is 17.1 Å². The molecule has 0 aromatic heterocycles. The molecule has 62 valence electrons. The number of halogens is 1. The summed E-state index contributed by atoms with van der Waals surface area (Å²) in [6, 6.07) is 0. The van der Waals surface area contributed by atoms with Crippen molar-refractivity contribution < 1.29 is 5.11 Å². The van der Waals surface area contributed by atoms with Gasteiger partial charge in [0.2, 0.25) is 0 Å². The summed E-state index contributed by atoms with van der Waals surface area (Å²) in [5, 5.41) is 9.47. The maximum absolute atomic E-state index is 9.47. The average Bonchev–Trinajstić information content (AvgIpc) is 2.07. The highest BCUT2D eigenvalue weighted by atomic mass is 35.5. The van der Waals surface area contributed by atoms with Crippen LogP contribution < -0.4 is 0 Å². The molecule has 0 fully saturated rings. The van der Waals surface area contributed by atoms with Crippen molar-refractivity contribution in [2.75, 3.05) is 5.88 Å². The first-order chi connectivity index (χ1) is 5.34. The first kappa shape index (κ1) is 8.82. The Kier molecular flexibility index (Phi) is 3.67. The molecule has 0 saturated heterocycles. The predicted octanol–water partition coefficient (Wildman–Crippen LogP) is 2.25. The van der Waals surface area contributed by atoms with Gasteiger partial charge in [0.1, 0.15) is 0 Å². The van der Waals surface area contributed by atoms with Gasteiger partial charge in [0.25, 0.3) is 0 Å². The molecule has 1 N–H and O–H groups in total. The van der Waals surface area contributed by atoms with Crippen LogP contribution in [-0.2, 0) is 0 Å². The summed E-state index contributed by atoms with van der Waals surface area (Å²) >= 11 is 5.50. The van der Waals surface area contributed by atoms with Gasteiger partial charge in [-0.1, -0.05) is 18.2 Å². The number of allylic oxidation sites excluding steroid dienone is 2. The van der Waals surface area contributed by atoms with Crippen LogP contribution in [0.25, 0.3) is 0 Å². The normalized spacial score (nSPS) is 19.6. The molecule has 0 aromatic carbocycles. The van der Waals surface area contributed by atoms with Gasteiger partial charge in [-0.3, -0.25) is 0 Å². The van der Waals surface area contributed by atoms with E-state index in [9.17, 15) is 5.11 Å². The molecular weight excluding hydrogens is 160 g/mol. The van der Waals surface area contributed by atoms with Crippen LogP contribution in [0.4, 0.5) is 0 Å². The second-order valence-electron chi connectivity index (χ2n) is 2.68. The number of rotatable bonds is 3. The molecule has 1 unspecified atom stereocenters. The predicted molar refractivity (Wildman–Crippen MR) is 47.8 cm³/mol. The van der Waals surface area contributed by atoms with E-state index in [1.54, 1.807) is 0 Å². The van der Waals surface area contributed by atoms with E-state index in [1.807, 2.05) is 6.08 Å². The largest absolute Gasteiger partial charge is 0.388 e. The summed E-state index contributed by atoms with van der Waals surface area (Å²) < 4.78 is 0. The SMILES string of the molecule is OC(CCCl)C1=CCCC=C1. The van der Waals surface area contributed by atoms with Crippen molar-refractivity contribution in [2.24, 2.45) is 0 Å². The third-order valence-corrected chi connectivity index (χ3v) is 2.01. The van der Waals surface area contributed by atoms with Crippen molar-refractivity contribution >= 4 is 11.6 Å². The van der Waals surface area contributed by atoms with Gasteiger partial charge in [-0.25, -0.2) is 0 Å². The van der Waals surface area contributed by atoms with Crippen molar-refractivity contribution in [1.82, 2.24) is 0 Å². The summed E-state index contributed by atoms with van der Waals surface area (Å²) in [7, 11) is 0. The molecule has 1 aliphatic rings. The lowest BCUT2D eigenvalue weighted by Crippen LogP contribution is -2.10. The van der Waals surface area contributed by atoms with E-state index in [4.69, 9.17) is 11.6 Å². The van der Waals surface area contributed by atoms with Crippen molar-refractivity contribution in [3.8, 4) is 0 Å². The van der Waals surface area contributed by atoms with E-state index in [0.29, 0.717) is 12.3 Å². The zero-order valence-electron chi connectivity index (χ0n) is 6.46. The number of aliphatic hydroxyl groups is 1. The zero-order valence-corrected chi connectivity index (χ0v) is 7.22. The molecule has 0 aromatic rings. The Morgan fingerprint density at radius 2 is 2.36 bits per heavy atom. The first-order valence-corrected chi connectivity index (χ1v) is 4.48. The molecule has 0 amide bonds. The van der Waals surface area contributed by atoms with Gasteiger partial charge in [0.05, 0.1) is 6.10 Å². The fourth-order valence-electron chi connectivity index (χ4n) is 1.15. The van der Waals surface area contributed by atoms with Gasteiger partial charge in [0, 0.05) is 5.88 Å². The van der Waals surface area contributed by atoms with E-state index in [2.05, 4.69) is 12.2 Å². The highest BCUT2D eigenvalue weighted by molar-refractivity contribution is 6.17. The molecule has 1 nitrogen and oxygen atoms in total. The minimum Gasteiger partial charge on any atom is -0.388 e. The smallest absolute Gasteiger partial charge is 0.0798 e. The summed E-state index contributed by atoms with van der Waals surface area (Å²) in [6.45, 7) is 0. The maximum Gasteiger partial charge on any atom is 0.0798 e. The number of aliphatic hydroxyl groups excluding tert-OH is 1. The lowest BCUT2D eigenvalue weighted by atomic mass is 10.0. The number of alkyl halides is 1. The summed E-state index contributed by atoms with van der Waals surface area (Å²) in [5.41, 5.74) is 1.02. The van der Waals surface area contributed by atoms with Gasteiger partial charge in [-0.2, -0.15) is 0 Å². The van der Waals surface area contributed by atoms with Crippen LogP contribution >= 0.6 is 11.6 Å². The fraction of sp³-hybridized carbons (Fsp3) is 0.556. The van der Waals surface area contributed by atoms with Crippen molar-refractivity contribution in [1.29, 1.82) is 0 Å². The van der Waals surface area contributed by atoms with E-state index in [1.165, 1.54) is 0 Å². The van der Waals surface area contributed by atoms with Crippen LogP contribution in [0.5, 0.6) is 0 Å². The van der Waals surface area contributed by atoms with Gasteiger partial charge in [-0.15, -0.1) is 11.6 Å². The second kappa shape index (κ2) is 4.58. The molecule has 11 heavy (non-hydrogen) atoms. The molecular formula is C9H13ClO. The van der Waals surface area contributed by atoms with E-state index >= 15 is 0 Å². The molecule has 1 rings (SSSR count). The number of hydrogen-bond donors (Lipinski definition) is 1. The quantitative estimate of drug-likeness (QED) is 0.648. The minimum absolute atomic E-state index is 0.357. The topological polar surface area (TPSA) is 20.2 Å². The maximum atomic E-state index is 9.47. The van der Waals surface area contributed by atoms with Gasteiger partial charge in [-0.05, 0) is 24.8 Å². The Balaban J connectivity index is 2.45. The summed E-state index contributed by atoms with van der Waals surface area (Å²) in [4.78, 5) is 0. The molecule has 1 atom stereocenters. The van der Waals surface area contributed by atoms with Gasteiger partial charge >= 0.3 is 0 Å². The molecule has 0 aliphatic heterocycles. The van der Waals surface area contributed by atoms with Crippen molar-refractivity contribution in [2.45, 2.75) is 25.4 Å². The van der Waals surface area contributed by atoms with E-state index in [0.717, 1.165) is 18.4 Å². The Labute approximate surface area is 72.4 Å². The minimum atomic E-state index is -0.357. The standard InChI is InChI=1S/C9H13ClO/c10-7-6-9(11)8-4-2-1-3-5-8/h2,4-5,9,11H,1,3,6-7H2. The van der Waals surface area contributed by atoms with Gasteiger partial charge < -0.3 is 5.11 Å². The van der Waals surface area contributed by atoms with E-state index in [-0.39, 0.29) is 6.10 Å². The average molecular weight is 173 g/mol. The van der Waals surface area contributed by atoms with Crippen LogP contribution in [0.3, 0.4) is 0 Å². The molecule has 0 heterocycles. The Morgan fingerprint density at radius 1 is 1.55 bits per heavy atom. The van der Waals surface area contributed by atoms with Crippen LogP contribution in [0, 0.1) is 0 Å². The fourth-order valence-corrected chi connectivity index (χ4v) is 1.36. The molecule has 0 spiro atoms. The molecule has 2 heteroatoms. The first-order valence-electron chi connectivity index (χ1n) is 3.95. The zero-order chi connectivity index (χ0) is 8.10. The lowest BCUT2D eigenvalue weighted by Gasteiger charge is -2.12. The van der Waals surface area contributed by atoms with Crippen molar-refractivity contribution in [3.63, 3.8) is 0 Å². The molecule has 0 radical (unpaired) electrons. The Morgan fingerprint density at radius 3 is 2.91 bits per heavy atom. The second-order valence-corrected chi connectivity index (χ2v) is 3.06. The molecule has 1 aliphatic carbocycles. The van der Waals surface area contributed by atoms with Crippen LogP contribution in [0.2, 0.25) is 0 Å². The third-order valence-electron chi connectivity index (χ3n) is 1.79. The highest BCUT2D eigenvalue weighted by Gasteiger charge is 2.07. The Hall–Kier alpha value is -0.270. The summed E-state index contributed by atoms with van der Waals surface area (Å²) in [6.07, 6.45) is 8.59. The molecule has 0 bridgehead atoms. The highest BCUT2D eigenvalue weighted by Crippen LogP contribution is 2.15. The third kappa shape index (κ3) is 2.68. The van der Waals surface area contributed by atoms with Crippen molar-refractivity contribution in [3.05, 3.63) is 23.8 Å². The molecule has 0 saturated carbocycles. The summed E-state index contributed by atoms with van der Waals surface area (Å²) in [5.74, 6) is 0.520. The number of hydrogen-bond acceptors (Lipinski definition) is 1. The van der Waals surface area contributed by atoms with E-state index < -0.39 is 0 Å². The van der Waals surface area contributed by atoms with Crippen LogP contribution in [0.1, 0.15) is 19.3 Å². The lowest BCUT2D eigenvalue weighted by molar-refractivity contribution is 0.210. The van der Waals surface area contributed by atoms with Gasteiger partial charge in [0.15, 0.2) is 0 Å².